The van der Waals surface area contributed by atoms with Crippen molar-refractivity contribution in [3.05, 3.63) is 51.5 Å². The first-order valence-electron chi connectivity index (χ1n) is 10.4. The van der Waals surface area contributed by atoms with E-state index in [1.165, 1.54) is 21.0 Å². The average Bonchev–Trinajstić information content (AvgIpc) is 3.19. The molecule has 7 heteroatoms. The quantitative estimate of drug-likeness (QED) is 0.257. The van der Waals surface area contributed by atoms with Crippen molar-refractivity contribution in [2.45, 2.75) is 53.6 Å². The highest BCUT2D eigenvalue weighted by molar-refractivity contribution is 14.0. The first-order valence-corrected chi connectivity index (χ1v) is 11.3. The molecule has 0 saturated carbocycles. The van der Waals surface area contributed by atoms with Crippen molar-refractivity contribution in [3.8, 4) is 0 Å². The number of hydrogen-bond acceptors (Lipinski definition) is 4. The fourth-order valence-electron chi connectivity index (χ4n) is 2.97. The Hall–Kier alpha value is -1.19. The van der Waals surface area contributed by atoms with Gasteiger partial charge in [0.25, 0.3) is 0 Å². The van der Waals surface area contributed by atoms with E-state index >= 15 is 0 Å². The fraction of sp³-hybridized carbons (Fsp3) is 0.545. The standard InChI is InChI=1S/C22H35N5S.HI/c1-5-20-16-25-21(28-20)13-14-24-22(23-6-2)26-15-18-11-9-10-12-19(18)17-27(7-3)8-4;/h9-12,16H,5-8,13-15,17H2,1-4H3,(H2,23,24,26);1H. The number of guanidine groups is 1. The summed E-state index contributed by atoms with van der Waals surface area (Å²) in [6.07, 6.45) is 3.97. The Morgan fingerprint density at radius 2 is 1.79 bits per heavy atom. The van der Waals surface area contributed by atoms with Gasteiger partial charge >= 0.3 is 0 Å². The fourth-order valence-corrected chi connectivity index (χ4v) is 3.84. The van der Waals surface area contributed by atoms with E-state index in [2.05, 4.69) is 72.5 Å². The van der Waals surface area contributed by atoms with Crippen molar-refractivity contribution in [2.24, 2.45) is 4.99 Å². The second-order valence-electron chi connectivity index (χ2n) is 6.68. The van der Waals surface area contributed by atoms with Crippen molar-refractivity contribution < 1.29 is 0 Å². The molecule has 0 atom stereocenters. The van der Waals surface area contributed by atoms with E-state index in [0.717, 1.165) is 51.5 Å². The third kappa shape index (κ3) is 9.00. The number of thiazole rings is 1. The Balaban J connectivity index is 0.00000420. The molecular formula is C22H36IN5S. The van der Waals surface area contributed by atoms with E-state index in [1.807, 2.05) is 6.20 Å². The SMILES string of the molecule is CCNC(=NCc1ccccc1CN(CC)CC)NCCc1ncc(CC)s1.I. The number of hydrogen-bond donors (Lipinski definition) is 2. The number of rotatable bonds is 11. The number of halogens is 1. The smallest absolute Gasteiger partial charge is 0.191 e. The van der Waals surface area contributed by atoms with Crippen LogP contribution in [0.2, 0.25) is 0 Å². The largest absolute Gasteiger partial charge is 0.357 e. The number of nitrogens with one attached hydrogen (secondary N) is 2. The Morgan fingerprint density at radius 1 is 1.07 bits per heavy atom. The zero-order chi connectivity index (χ0) is 20.2. The zero-order valence-corrected chi connectivity index (χ0v) is 21.3. The topological polar surface area (TPSA) is 52.6 Å². The summed E-state index contributed by atoms with van der Waals surface area (Å²) >= 11 is 1.80. The minimum atomic E-state index is 0. The molecule has 29 heavy (non-hydrogen) atoms. The summed E-state index contributed by atoms with van der Waals surface area (Å²) in [5.74, 6) is 0.868. The van der Waals surface area contributed by atoms with E-state index in [4.69, 9.17) is 4.99 Å². The van der Waals surface area contributed by atoms with E-state index in [-0.39, 0.29) is 24.0 Å². The van der Waals surface area contributed by atoms with Crippen LogP contribution in [-0.4, -0.2) is 42.0 Å². The molecule has 0 bridgehead atoms. The zero-order valence-electron chi connectivity index (χ0n) is 18.2. The molecule has 2 N–H and O–H groups in total. The molecule has 0 saturated heterocycles. The summed E-state index contributed by atoms with van der Waals surface area (Å²) in [7, 11) is 0. The summed E-state index contributed by atoms with van der Waals surface area (Å²) in [5.41, 5.74) is 2.65. The van der Waals surface area contributed by atoms with Gasteiger partial charge in [0.15, 0.2) is 5.96 Å². The first kappa shape index (κ1) is 25.8. The molecule has 1 aromatic carbocycles. The number of aliphatic imine (C=N–C) groups is 1. The Kier molecular flexibility index (Phi) is 13.1. The molecular weight excluding hydrogens is 493 g/mol. The molecule has 0 radical (unpaired) electrons. The van der Waals surface area contributed by atoms with Gasteiger partial charge < -0.3 is 10.6 Å². The Bertz CT molecular complexity index is 727. The highest BCUT2D eigenvalue weighted by atomic mass is 127. The van der Waals surface area contributed by atoms with E-state index in [9.17, 15) is 0 Å². The molecule has 0 amide bonds. The first-order chi connectivity index (χ1) is 13.7. The maximum atomic E-state index is 4.81. The number of aromatic nitrogens is 1. The lowest BCUT2D eigenvalue weighted by Gasteiger charge is -2.20. The summed E-state index contributed by atoms with van der Waals surface area (Å²) in [4.78, 5) is 13.1. The van der Waals surface area contributed by atoms with Crippen LogP contribution in [0.3, 0.4) is 0 Å². The van der Waals surface area contributed by atoms with Crippen LogP contribution in [0, 0.1) is 0 Å². The minimum absolute atomic E-state index is 0. The van der Waals surface area contributed by atoms with Gasteiger partial charge in [-0.2, -0.15) is 0 Å². The molecule has 1 heterocycles. The highest BCUT2D eigenvalue weighted by Gasteiger charge is 2.07. The minimum Gasteiger partial charge on any atom is -0.357 e. The van der Waals surface area contributed by atoms with Crippen LogP contribution in [-0.2, 0) is 25.9 Å². The van der Waals surface area contributed by atoms with Crippen LogP contribution in [0.4, 0.5) is 0 Å². The summed E-state index contributed by atoms with van der Waals surface area (Å²) in [5, 5.41) is 7.98. The third-order valence-corrected chi connectivity index (χ3v) is 5.94. The predicted octanol–water partition coefficient (Wildman–Crippen LogP) is 4.46. The molecule has 162 valence electrons. The van der Waals surface area contributed by atoms with Gasteiger partial charge in [0, 0.05) is 37.1 Å². The number of benzene rings is 1. The second-order valence-corrected chi connectivity index (χ2v) is 7.88. The normalized spacial score (nSPS) is 11.4. The molecule has 1 aromatic heterocycles. The van der Waals surface area contributed by atoms with Crippen molar-refractivity contribution >= 4 is 41.3 Å². The molecule has 0 aliphatic carbocycles. The third-order valence-electron chi connectivity index (χ3n) is 4.74. The molecule has 0 fully saturated rings. The number of aryl methyl sites for hydroxylation is 1. The van der Waals surface area contributed by atoms with Gasteiger partial charge in [-0.25, -0.2) is 9.98 Å². The Labute approximate surface area is 197 Å². The van der Waals surface area contributed by atoms with E-state index in [1.54, 1.807) is 11.3 Å². The average molecular weight is 530 g/mol. The predicted molar refractivity (Wildman–Crippen MR) is 136 cm³/mol. The maximum absolute atomic E-state index is 4.81. The molecule has 2 rings (SSSR count). The molecule has 0 aliphatic rings. The van der Waals surface area contributed by atoms with Crippen LogP contribution < -0.4 is 10.6 Å². The highest BCUT2D eigenvalue weighted by Crippen LogP contribution is 2.14. The van der Waals surface area contributed by atoms with Crippen molar-refractivity contribution in [2.75, 3.05) is 26.2 Å². The van der Waals surface area contributed by atoms with Gasteiger partial charge in [-0.1, -0.05) is 45.0 Å². The molecule has 5 nitrogen and oxygen atoms in total. The number of nitrogens with zero attached hydrogens (tertiary/aromatic N) is 3. The van der Waals surface area contributed by atoms with E-state index < -0.39 is 0 Å². The molecule has 2 aromatic rings. The van der Waals surface area contributed by atoms with Crippen LogP contribution in [0.1, 0.15) is 48.7 Å². The lowest BCUT2D eigenvalue weighted by molar-refractivity contribution is 0.295. The van der Waals surface area contributed by atoms with Crippen LogP contribution >= 0.6 is 35.3 Å². The van der Waals surface area contributed by atoms with Gasteiger partial charge in [0.1, 0.15) is 0 Å². The lowest BCUT2D eigenvalue weighted by Crippen LogP contribution is -2.38. The maximum Gasteiger partial charge on any atom is 0.191 e. The molecule has 0 unspecified atom stereocenters. The van der Waals surface area contributed by atoms with Gasteiger partial charge in [-0.15, -0.1) is 35.3 Å². The van der Waals surface area contributed by atoms with Crippen molar-refractivity contribution in [1.29, 1.82) is 0 Å². The van der Waals surface area contributed by atoms with Gasteiger partial charge in [-0.3, -0.25) is 4.90 Å². The van der Waals surface area contributed by atoms with Crippen LogP contribution in [0.5, 0.6) is 0 Å². The van der Waals surface area contributed by atoms with Crippen LogP contribution in [0.25, 0.3) is 0 Å². The van der Waals surface area contributed by atoms with Gasteiger partial charge in [0.2, 0.25) is 0 Å². The van der Waals surface area contributed by atoms with Crippen molar-refractivity contribution in [3.63, 3.8) is 0 Å². The van der Waals surface area contributed by atoms with E-state index in [0.29, 0.717) is 6.54 Å². The van der Waals surface area contributed by atoms with Gasteiger partial charge in [0.05, 0.1) is 11.6 Å². The second kappa shape index (κ2) is 14.7. The molecule has 0 aliphatic heterocycles. The van der Waals surface area contributed by atoms with Gasteiger partial charge in [-0.05, 0) is 37.6 Å². The Morgan fingerprint density at radius 3 is 2.41 bits per heavy atom. The summed E-state index contributed by atoms with van der Waals surface area (Å²) in [6, 6.07) is 8.63. The van der Waals surface area contributed by atoms with Crippen LogP contribution in [0.15, 0.2) is 35.5 Å². The van der Waals surface area contributed by atoms with Crippen molar-refractivity contribution in [1.82, 2.24) is 20.5 Å². The summed E-state index contributed by atoms with van der Waals surface area (Å²) < 4.78 is 0. The summed E-state index contributed by atoms with van der Waals surface area (Å²) in [6.45, 7) is 14.2. The lowest BCUT2D eigenvalue weighted by atomic mass is 10.1. The monoisotopic (exact) mass is 529 g/mol. The molecule has 0 spiro atoms.